The van der Waals surface area contributed by atoms with E-state index in [9.17, 15) is 9.90 Å². The largest absolute Gasteiger partial charge is 0.392 e. The number of rotatable bonds is 3. The first-order valence-electron chi connectivity index (χ1n) is 7.13. The number of amides is 1. The second-order valence-corrected chi connectivity index (χ2v) is 6.64. The fourth-order valence-electron chi connectivity index (χ4n) is 2.62. The van der Waals surface area contributed by atoms with E-state index in [0.29, 0.717) is 6.54 Å². The molecule has 0 saturated carbocycles. The minimum atomic E-state index is -0.477. The number of fused-ring (bicyclic) bond motifs is 1. The third-order valence-corrected chi connectivity index (χ3v) is 4.82. The van der Waals surface area contributed by atoms with Crippen LogP contribution in [0.2, 0.25) is 0 Å². The smallest absolute Gasteiger partial charge is 0.263 e. The fraction of sp³-hybridized carbons (Fsp3) is 0.667. The highest BCUT2D eigenvalue weighted by molar-refractivity contribution is 7.14. The summed E-state index contributed by atoms with van der Waals surface area (Å²) in [5.74, 6) is 0.0395. The molecule has 1 N–H and O–H groups in total. The molecule has 3 nitrogen and oxygen atoms in total. The summed E-state index contributed by atoms with van der Waals surface area (Å²) in [6, 6.07) is 2.08. The van der Waals surface area contributed by atoms with Gasteiger partial charge in [-0.05, 0) is 44.2 Å². The van der Waals surface area contributed by atoms with Crippen molar-refractivity contribution in [2.45, 2.75) is 51.6 Å². The van der Waals surface area contributed by atoms with Gasteiger partial charge in [0.2, 0.25) is 0 Å². The van der Waals surface area contributed by atoms with Crippen molar-refractivity contribution in [2.75, 3.05) is 13.6 Å². The van der Waals surface area contributed by atoms with Crippen LogP contribution >= 0.6 is 11.3 Å². The molecule has 0 aliphatic heterocycles. The molecular weight excluding hydrogens is 258 g/mol. The standard InChI is InChI=1S/C15H23NO2S/c1-11(17)10-16(2)15(18)14-9-12-7-5-3-4-6-8-13(12)19-14/h9,11,17H,3-8,10H2,1-2H3. The van der Waals surface area contributed by atoms with Gasteiger partial charge in [-0.1, -0.05) is 12.8 Å². The summed E-state index contributed by atoms with van der Waals surface area (Å²) < 4.78 is 0. The summed E-state index contributed by atoms with van der Waals surface area (Å²) in [6.45, 7) is 2.10. The first-order valence-corrected chi connectivity index (χ1v) is 7.94. The predicted octanol–water partition coefficient (Wildman–Crippen LogP) is 2.86. The lowest BCUT2D eigenvalue weighted by molar-refractivity contribution is 0.0708. The molecule has 0 bridgehead atoms. The number of likely N-dealkylation sites (N-methyl/N-ethyl adjacent to an activating group) is 1. The Morgan fingerprint density at radius 3 is 2.74 bits per heavy atom. The van der Waals surface area contributed by atoms with E-state index >= 15 is 0 Å². The minimum Gasteiger partial charge on any atom is -0.392 e. The van der Waals surface area contributed by atoms with E-state index in [1.807, 2.05) is 0 Å². The first-order chi connectivity index (χ1) is 9.08. The van der Waals surface area contributed by atoms with Crippen LogP contribution in [0.4, 0.5) is 0 Å². The van der Waals surface area contributed by atoms with Crippen LogP contribution in [0.5, 0.6) is 0 Å². The molecular formula is C15H23NO2S. The molecule has 1 aliphatic carbocycles. The molecule has 0 spiro atoms. The van der Waals surface area contributed by atoms with Gasteiger partial charge in [0.1, 0.15) is 0 Å². The van der Waals surface area contributed by atoms with Crippen LogP contribution in [0.1, 0.15) is 52.7 Å². The quantitative estimate of drug-likeness (QED) is 0.925. The molecule has 1 aliphatic rings. The van der Waals surface area contributed by atoms with Crippen LogP contribution in [-0.2, 0) is 12.8 Å². The average Bonchev–Trinajstić information content (AvgIpc) is 2.70. The molecule has 0 saturated heterocycles. The SMILES string of the molecule is CC(O)CN(C)C(=O)c1cc2c(s1)CCCCCC2. The highest BCUT2D eigenvalue weighted by Gasteiger charge is 2.19. The van der Waals surface area contributed by atoms with Gasteiger partial charge in [-0.2, -0.15) is 0 Å². The number of carbonyl (C=O) groups is 1. The molecule has 0 radical (unpaired) electrons. The Bertz CT molecular complexity index is 414. The fourth-order valence-corrected chi connectivity index (χ4v) is 3.87. The van der Waals surface area contributed by atoms with Gasteiger partial charge < -0.3 is 10.0 Å². The normalized spacial score (nSPS) is 17.2. The number of nitrogens with zero attached hydrogens (tertiary/aromatic N) is 1. The molecule has 1 heterocycles. The average molecular weight is 281 g/mol. The summed E-state index contributed by atoms with van der Waals surface area (Å²) >= 11 is 1.65. The Morgan fingerprint density at radius 2 is 2.05 bits per heavy atom. The Kier molecular flexibility index (Phi) is 4.99. The number of thiophene rings is 1. The van der Waals surface area contributed by atoms with Crippen molar-refractivity contribution in [1.29, 1.82) is 0 Å². The van der Waals surface area contributed by atoms with Gasteiger partial charge in [-0.3, -0.25) is 4.79 Å². The molecule has 0 fully saturated rings. The molecule has 1 aromatic heterocycles. The zero-order valence-electron chi connectivity index (χ0n) is 11.8. The first kappa shape index (κ1) is 14.5. The van der Waals surface area contributed by atoms with E-state index in [0.717, 1.165) is 17.7 Å². The van der Waals surface area contributed by atoms with Crippen molar-refractivity contribution in [3.8, 4) is 0 Å². The lowest BCUT2D eigenvalue weighted by atomic mass is 10.00. The van der Waals surface area contributed by atoms with Crippen LogP contribution in [-0.4, -0.2) is 35.6 Å². The number of aliphatic hydroxyl groups is 1. The highest BCUT2D eigenvalue weighted by atomic mass is 32.1. The topological polar surface area (TPSA) is 40.5 Å². The van der Waals surface area contributed by atoms with Crippen LogP contribution in [0.15, 0.2) is 6.07 Å². The maximum atomic E-state index is 12.3. The van der Waals surface area contributed by atoms with Crippen LogP contribution < -0.4 is 0 Å². The summed E-state index contributed by atoms with van der Waals surface area (Å²) in [6.07, 6.45) is 6.84. The van der Waals surface area contributed by atoms with E-state index in [2.05, 4.69) is 6.07 Å². The predicted molar refractivity (Wildman–Crippen MR) is 78.8 cm³/mol. The van der Waals surface area contributed by atoms with Crippen molar-refractivity contribution in [1.82, 2.24) is 4.90 Å². The van der Waals surface area contributed by atoms with Crippen molar-refractivity contribution in [3.63, 3.8) is 0 Å². The molecule has 1 amide bonds. The summed E-state index contributed by atoms with van der Waals surface area (Å²) in [5.41, 5.74) is 1.37. The van der Waals surface area contributed by atoms with Crippen molar-refractivity contribution in [2.24, 2.45) is 0 Å². The Hall–Kier alpha value is -0.870. The molecule has 2 rings (SSSR count). The van der Waals surface area contributed by atoms with E-state index in [1.165, 1.54) is 36.1 Å². The molecule has 1 unspecified atom stereocenters. The van der Waals surface area contributed by atoms with Gasteiger partial charge in [-0.25, -0.2) is 0 Å². The Balaban J connectivity index is 2.12. The van der Waals surface area contributed by atoms with Gasteiger partial charge in [0.15, 0.2) is 0 Å². The third-order valence-electron chi connectivity index (χ3n) is 3.59. The monoisotopic (exact) mass is 281 g/mol. The minimum absolute atomic E-state index is 0.0395. The Labute approximate surface area is 119 Å². The molecule has 106 valence electrons. The van der Waals surface area contributed by atoms with E-state index in [1.54, 1.807) is 30.2 Å². The zero-order valence-corrected chi connectivity index (χ0v) is 12.6. The molecule has 19 heavy (non-hydrogen) atoms. The van der Waals surface area contributed by atoms with E-state index in [4.69, 9.17) is 0 Å². The summed E-state index contributed by atoms with van der Waals surface area (Å²) in [4.78, 5) is 16.1. The summed E-state index contributed by atoms with van der Waals surface area (Å²) in [5, 5.41) is 9.36. The van der Waals surface area contributed by atoms with Gasteiger partial charge in [0, 0.05) is 18.5 Å². The number of aliphatic hydroxyl groups excluding tert-OH is 1. The van der Waals surface area contributed by atoms with Gasteiger partial charge >= 0.3 is 0 Å². The highest BCUT2D eigenvalue weighted by Crippen LogP contribution is 2.29. The second kappa shape index (κ2) is 6.53. The maximum absolute atomic E-state index is 12.3. The lowest BCUT2D eigenvalue weighted by Crippen LogP contribution is -2.32. The van der Waals surface area contributed by atoms with Crippen molar-refractivity contribution in [3.05, 3.63) is 21.4 Å². The van der Waals surface area contributed by atoms with Crippen LogP contribution in [0.3, 0.4) is 0 Å². The molecule has 1 aromatic rings. The summed E-state index contributed by atoms with van der Waals surface area (Å²) in [7, 11) is 1.76. The molecule has 1 atom stereocenters. The lowest BCUT2D eigenvalue weighted by Gasteiger charge is -2.17. The van der Waals surface area contributed by atoms with Crippen LogP contribution in [0.25, 0.3) is 0 Å². The Morgan fingerprint density at radius 1 is 1.37 bits per heavy atom. The zero-order chi connectivity index (χ0) is 13.8. The third kappa shape index (κ3) is 3.80. The molecule has 0 aromatic carbocycles. The van der Waals surface area contributed by atoms with E-state index in [-0.39, 0.29) is 5.91 Å². The number of hydrogen-bond acceptors (Lipinski definition) is 3. The van der Waals surface area contributed by atoms with Gasteiger partial charge in [0.05, 0.1) is 11.0 Å². The van der Waals surface area contributed by atoms with Gasteiger partial charge in [-0.15, -0.1) is 11.3 Å². The molecule has 4 heteroatoms. The maximum Gasteiger partial charge on any atom is 0.263 e. The van der Waals surface area contributed by atoms with Crippen LogP contribution in [0, 0.1) is 0 Å². The number of aryl methyl sites for hydroxylation is 2. The van der Waals surface area contributed by atoms with Crippen molar-refractivity contribution >= 4 is 17.2 Å². The second-order valence-electron chi connectivity index (χ2n) is 5.51. The van der Waals surface area contributed by atoms with E-state index < -0.39 is 6.10 Å². The van der Waals surface area contributed by atoms with Crippen molar-refractivity contribution < 1.29 is 9.90 Å². The number of carbonyl (C=O) groups excluding carboxylic acids is 1. The number of hydrogen-bond donors (Lipinski definition) is 1. The van der Waals surface area contributed by atoms with Gasteiger partial charge in [0.25, 0.3) is 5.91 Å².